The van der Waals surface area contributed by atoms with E-state index in [-0.39, 0.29) is 37.0 Å². The second-order valence-electron chi connectivity index (χ2n) is 11.8. The first-order valence-electron chi connectivity index (χ1n) is 15.0. The topological polar surface area (TPSA) is 94.1 Å². The van der Waals surface area contributed by atoms with E-state index in [0.29, 0.717) is 52.4 Å². The number of halogens is 2. The van der Waals surface area contributed by atoms with Gasteiger partial charge in [-0.2, -0.15) is 0 Å². The third kappa shape index (κ3) is 8.07. The molecule has 1 aliphatic heterocycles. The molecule has 4 aromatic carbocycles. The number of carbonyl (C=O) groups is 2. The van der Waals surface area contributed by atoms with Gasteiger partial charge in [0.1, 0.15) is 11.9 Å². The molecule has 5 rings (SSSR count). The largest absolute Gasteiger partial charge is 0.488 e. The molecule has 0 aromatic heterocycles. The number of likely N-dealkylation sites (N-methyl/N-ethyl adjacent to an activating group) is 1. The lowest BCUT2D eigenvalue weighted by molar-refractivity contribution is -0.134. The Morgan fingerprint density at radius 1 is 1.04 bits per heavy atom. The number of nitrogens with one attached hydrogen (secondary N) is 2. The predicted octanol–water partition coefficient (Wildman–Crippen LogP) is 7.07. The molecule has 0 radical (unpaired) electrons. The van der Waals surface area contributed by atoms with Gasteiger partial charge in [0, 0.05) is 42.2 Å². The van der Waals surface area contributed by atoms with E-state index in [9.17, 15) is 14.7 Å². The Labute approximate surface area is 273 Å². The molecule has 10 heteroatoms. The van der Waals surface area contributed by atoms with E-state index in [4.69, 9.17) is 27.9 Å². The number of nitrogens with zero attached hydrogens (tertiary/aromatic N) is 2. The lowest BCUT2D eigenvalue weighted by Gasteiger charge is -2.34. The SMILES string of the molecule is C[C@@H]1CN([C@@H](C)CO)C(=O)Cc2cc(NC(=O)Nc3cccc4ccccc34)ccc2O[C@H]1CN(C)Cc1ccc(Cl)c(Cl)c1. The van der Waals surface area contributed by atoms with Gasteiger partial charge < -0.3 is 25.4 Å². The standard InChI is InChI=1S/C35H38Cl2N4O4/c1-22-18-41(23(2)21-42)34(43)17-26-16-27(38-35(44)39-31-10-6-8-25-7-4-5-9-28(25)31)12-14-32(26)45-33(22)20-40(3)19-24-11-13-29(36)30(37)15-24/h4-16,22-23,33,42H,17-21H2,1-3H3,(H2,38,39,44)/t22-,23+,33+/m1/s1. The Kier molecular flexibility index (Phi) is 10.5. The van der Waals surface area contributed by atoms with Crippen molar-refractivity contribution in [3.63, 3.8) is 0 Å². The summed E-state index contributed by atoms with van der Waals surface area (Å²) in [4.78, 5) is 30.5. The van der Waals surface area contributed by atoms with Crippen molar-refractivity contribution >= 4 is 57.3 Å². The van der Waals surface area contributed by atoms with Crippen LogP contribution in [0.4, 0.5) is 16.2 Å². The molecule has 0 spiro atoms. The number of urea groups is 1. The Bertz CT molecular complexity index is 1680. The molecule has 0 bridgehead atoms. The fourth-order valence-electron chi connectivity index (χ4n) is 5.67. The zero-order valence-corrected chi connectivity index (χ0v) is 27.1. The molecule has 0 saturated heterocycles. The summed E-state index contributed by atoms with van der Waals surface area (Å²) in [6.07, 6.45) is -0.206. The Balaban J connectivity index is 1.37. The van der Waals surface area contributed by atoms with Gasteiger partial charge in [0.15, 0.2) is 0 Å². The molecule has 1 heterocycles. The number of carbonyl (C=O) groups excluding carboxylic acids is 2. The van der Waals surface area contributed by atoms with Gasteiger partial charge in [-0.15, -0.1) is 0 Å². The minimum absolute atomic E-state index is 0.0468. The number of fused-ring (bicyclic) bond motifs is 2. The lowest BCUT2D eigenvalue weighted by Crippen LogP contribution is -2.47. The van der Waals surface area contributed by atoms with E-state index < -0.39 is 6.03 Å². The van der Waals surface area contributed by atoms with Crippen molar-refractivity contribution in [1.82, 2.24) is 9.80 Å². The molecule has 0 aliphatic carbocycles. The zero-order chi connectivity index (χ0) is 32.1. The van der Waals surface area contributed by atoms with Gasteiger partial charge in [-0.3, -0.25) is 9.69 Å². The summed E-state index contributed by atoms with van der Waals surface area (Å²) in [5, 5.41) is 18.8. The molecule has 45 heavy (non-hydrogen) atoms. The van der Waals surface area contributed by atoms with Crippen LogP contribution in [0, 0.1) is 5.92 Å². The van der Waals surface area contributed by atoms with Gasteiger partial charge >= 0.3 is 6.03 Å². The number of aliphatic hydroxyl groups is 1. The van der Waals surface area contributed by atoms with Crippen molar-refractivity contribution in [1.29, 1.82) is 0 Å². The van der Waals surface area contributed by atoms with Gasteiger partial charge in [-0.05, 0) is 61.3 Å². The first kappa shape index (κ1) is 32.6. The van der Waals surface area contributed by atoms with Crippen LogP contribution in [0.5, 0.6) is 5.75 Å². The summed E-state index contributed by atoms with van der Waals surface area (Å²) >= 11 is 12.3. The van der Waals surface area contributed by atoms with Crippen molar-refractivity contribution in [2.75, 3.05) is 37.4 Å². The van der Waals surface area contributed by atoms with E-state index >= 15 is 0 Å². The number of anilines is 2. The van der Waals surface area contributed by atoms with Crippen LogP contribution in [0.15, 0.2) is 78.9 Å². The first-order valence-corrected chi connectivity index (χ1v) is 15.7. The molecular weight excluding hydrogens is 611 g/mol. The third-order valence-corrected chi connectivity index (χ3v) is 8.88. The molecular formula is C35H38Cl2N4O4. The molecule has 3 amide bonds. The number of benzene rings is 4. The van der Waals surface area contributed by atoms with Crippen LogP contribution in [-0.2, 0) is 17.8 Å². The fourth-order valence-corrected chi connectivity index (χ4v) is 5.99. The van der Waals surface area contributed by atoms with Gasteiger partial charge in [-0.1, -0.05) is 72.6 Å². The Hall–Kier alpha value is -3.82. The van der Waals surface area contributed by atoms with Gasteiger partial charge in [0.05, 0.1) is 34.8 Å². The van der Waals surface area contributed by atoms with Crippen molar-refractivity contribution in [2.24, 2.45) is 5.92 Å². The quantitative estimate of drug-likeness (QED) is 0.190. The second kappa shape index (κ2) is 14.5. The second-order valence-corrected chi connectivity index (χ2v) is 12.6. The molecule has 0 saturated carbocycles. The molecule has 4 aromatic rings. The zero-order valence-electron chi connectivity index (χ0n) is 25.6. The van der Waals surface area contributed by atoms with Crippen LogP contribution < -0.4 is 15.4 Å². The molecule has 3 N–H and O–H groups in total. The normalized spacial score (nSPS) is 17.6. The van der Waals surface area contributed by atoms with Crippen LogP contribution in [-0.4, -0.2) is 65.7 Å². The summed E-state index contributed by atoms with van der Waals surface area (Å²) in [6.45, 7) is 5.37. The number of amides is 3. The number of aliphatic hydroxyl groups excluding tert-OH is 1. The summed E-state index contributed by atoms with van der Waals surface area (Å²) in [5.74, 6) is 0.423. The predicted molar refractivity (Wildman–Crippen MR) is 181 cm³/mol. The Morgan fingerprint density at radius 3 is 2.60 bits per heavy atom. The van der Waals surface area contributed by atoms with Crippen LogP contribution >= 0.6 is 23.2 Å². The summed E-state index contributed by atoms with van der Waals surface area (Å²) in [6, 6.07) is 23.8. The van der Waals surface area contributed by atoms with Crippen molar-refractivity contribution in [3.8, 4) is 5.75 Å². The number of ether oxygens (including phenoxy) is 1. The minimum atomic E-state index is -0.396. The third-order valence-electron chi connectivity index (χ3n) is 8.14. The van der Waals surface area contributed by atoms with Crippen molar-refractivity contribution < 1.29 is 19.4 Å². The van der Waals surface area contributed by atoms with E-state index in [1.54, 1.807) is 29.2 Å². The highest BCUT2D eigenvalue weighted by molar-refractivity contribution is 6.42. The van der Waals surface area contributed by atoms with Crippen molar-refractivity contribution in [3.05, 3.63) is 100 Å². The van der Waals surface area contributed by atoms with Gasteiger partial charge in [-0.25, -0.2) is 4.79 Å². The van der Waals surface area contributed by atoms with E-state index in [1.165, 1.54) is 0 Å². The maximum absolute atomic E-state index is 13.6. The number of hydrogen-bond acceptors (Lipinski definition) is 5. The molecule has 1 aliphatic rings. The highest BCUT2D eigenvalue weighted by Crippen LogP contribution is 2.30. The maximum atomic E-state index is 13.6. The van der Waals surface area contributed by atoms with Crippen LogP contribution in [0.1, 0.15) is 25.0 Å². The van der Waals surface area contributed by atoms with Gasteiger partial charge in [0.25, 0.3) is 0 Å². The minimum Gasteiger partial charge on any atom is -0.488 e. The fraction of sp³-hybridized carbons (Fsp3) is 0.314. The van der Waals surface area contributed by atoms with Crippen LogP contribution in [0.25, 0.3) is 10.8 Å². The van der Waals surface area contributed by atoms with Crippen LogP contribution in [0.3, 0.4) is 0 Å². The summed E-state index contributed by atoms with van der Waals surface area (Å²) in [5.41, 5.74) is 2.91. The molecule has 3 atom stereocenters. The molecule has 236 valence electrons. The molecule has 0 fully saturated rings. The molecule has 0 unspecified atom stereocenters. The average molecular weight is 650 g/mol. The first-order chi connectivity index (χ1) is 21.6. The highest BCUT2D eigenvalue weighted by Gasteiger charge is 2.31. The summed E-state index contributed by atoms with van der Waals surface area (Å²) < 4.78 is 6.64. The average Bonchev–Trinajstić information content (AvgIpc) is 3.06. The van der Waals surface area contributed by atoms with Crippen molar-refractivity contribution in [2.45, 2.75) is 39.0 Å². The van der Waals surface area contributed by atoms with Crippen LogP contribution in [0.2, 0.25) is 10.0 Å². The smallest absolute Gasteiger partial charge is 0.323 e. The van der Waals surface area contributed by atoms with Gasteiger partial charge in [0.2, 0.25) is 5.91 Å². The summed E-state index contributed by atoms with van der Waals surface area (Å²) in [7, 11) is 2.01. The molecule has 8 nitrogen and oxygen atoms in total. The highest BCUT2D eigenvalue weighted by atomic mass is 35.5. The maximum Gasteiger partial charge on any atom is 0.323 e. The van der Waals surface area contributed by atoms with E-state index in [0.717, 1.165) is 16.3 Å². The number of hydrogen-bond donors (Lipinski definition) is 3. The van der Waals surface area contributed by atoms with E-state index in [1.807, 2.05) is 68.6 Å². The van der Waals surface area contributed by atoms with E-state index in [2.05, 4.69) is 22.5 Å². The monoisotopic (exact) mass is 648 g/mol. The lowest BCUT2D eigenvalue weighted by atomic mass is 10.0. The number of rotatable bonds is 8. The Morgan fingerprint density at radius 2 is 1.82 bits per heavy atom.